The predicted octanol–water partition coefficient (Wildman–Crippen LogP) is 3.23. The zero-order chi connectivity index (χ0) is 12.5. The Morgan fingerprint density at radius 3 is 2.00 bits per heavy atom. The summed E-state index contributed by atoms with van der Waals surface area (Å²) in [5, 5.41) is 0. The summed E-state index contributed by atoms with van der Waals surface area (Å²) in [6.45, 7) is 11.9. The lowest BCUT2D eigenvalue weighted by Gasteiger charge is -2.39. The Kier molecular flexibility index (Phi) is 4.64. The molecule has 2 heteroatoms. The highest BCUT2D eigenvalue weighted by atomic mass is 28.3. The van der Waals surface area contributed by atoms with Gasteiger partial charge in [0.05, 0.1) is 8.07 Å². The van der Waals surface area contributed by atoms with E-state index in [1.165, 1.54) is 0 Å². The summed E-state index contributed by atoms with van der Waals surface area (Å²) in [6, 6.07) is 0.553. The minimum atomic E-state index is -1.21. The van der Waals surface area contributed by atoms with E-state index in [0.717, 1.165) is 0 Å². The van der Waals surface area contributed by atoms with Crippen molar-refractivity contribution in [2.75, 3.05) is 14.1 Å². The van der Waals surface area contributed by atoms with Crippen molar-refractivity contribution in [2.45, 2.75) is 39.5 Å². The van der Waals surface area contributed by atoms with Gasteiger partial charge in [0.25, 0.3) is 0 Å². The average Bonchev–Trinajstić information content (AvgIpc) is 2.49. The van der Waals surface area contributed by atoms with Gasteiger partial charge in [-0.3, -0.25) is 0 Å². The smallest absolute Gasteiger partial charge is 0.0521 e. The van der Waals surface area contributed by atoms with Crippen LogP contribution in [0.25, 0.3) is 0 Å². The van der Waals surface area contributed by atoms with Gasteiger partial charge < -0.3 is 4.90 Å². The molecule has 1 aliphatic rings. The molecule has 1 atom stereocenters. The van der Waals surface area contributed by atoms with Gasteiger partial charge in [-0.15, -0.1) is 0 Å². The SMILES string of the molecule is CC(C)[C@H]([C]1[CH][CH][CH][C]1[Si](C)(C)C)N(C)C. The molecular weight excluding hydrogens is 210 g/mol. The van der Waals surface area contributed by atoms with Crippen molar-refractivity contribution in [1.29, 1.82) is 0 Å². The van der Waals surface area contributed by atoms with E-state index in [0.29, 0.717) is 12.0 Å². The minimum Gasteiger partial charge on any atom is -0.306 e. The molecule has 0 aromatic heterocycles. The largest absolute Gasteiger partial charge is 0.306 e. The van der Waals surface area contributed by atoms with E-state index in [4.69, 9.17) is 0 Å². The van der Waals surface area contributed by atoms with E-state index in [1.807, 2.05) is 0 Å². The normalized spacial score (nSPS) is 22.3. The summed E-state index contributed by atoms with van der Waals surface area (Å²) in [4.78, 5) is 2.35. The standard InChI is InChI=1S/C14H26NSi/c1-11(2)14(15(3)4)12-9-8-10-13(12)16(5,6)7/h8-11,14H,1-7H3/t14-/m1/s1. The first kappa shape index (κ1) is 14.2. The second kappa shape index (κ2) is 5.22. The molecule has 16 heavy (non-hydrogen) atoms. The molecule has 0 bridgehead atoms. The van der Waals surface area contributed by atoms with E-state index < -0.39 is 8.07 Å². The van der Waals surface area contributed by atoms with Crippen LogP contribution in [0.1, 0.15) is 13.8 Å². The molecule has 0 spiro atoms. The zero-order valence-corrected chi connectivity index (χ0v) is 12.8. The molecule has 0 aromatic rings. The fourth-order valence-electron chi connectivity index (χ4n) is 2.61. The summed E-state index contributed by atoms with van der Waals surface area (Å²) in [5.74, 6) is 2.21. The van der Waals surface area contributed by atoms with Crippen molar-refractivity contribution in [3.63, 3.8) is 0 Å². The molecule has 0 heterocycles. The van der Waals surface area contributed by atoms with E-state index >= 15 is 0 Å². The molecule has 0 unspecified atom stereocenters. The highest BCUT2D eigenvalue weighted by molar-refractivity contribution is 6.82. The maximum Gasteiger partial charge on any atom is 0.0521 e. The molecule has 1 saturated carbocycles. The molecule has 0 aromatic carbocycles. The predicted molar refractivity (Wildman–Crippen MR) is 75.0 cm³/mol. The van der Waals surface area contributed by atoms with Gasteiger partial charge in [-0.2, -0.15) is 0 Å². The van der Waals surface area contributed by atoms with Crippen LogP contribution >= 0.6 is 0 Å². The first-order chi connectivity index (χ1) is 7.25. The fraction of sp³-hybridized carbons (Fsp3) is 0.643. The highest BCUT2D eigenvalue weighted by Gasteiger charge is 2.43. The van der Waals surface area contributed by atoms with Gasteiger partial charge in [0.15, 0.2) is 0 Å². The van der Waals surface area contributed by atoms with E-state index in [1.54, 1.807) is 11.5 Å². The van der Waals surface area contributed by atoms with Crippen molar-refractivity contribution < 1.29 is 0 Å². The molecule has 0 N–H and O–H groups in total. The van der Waals surface area contributed by atoms with Crippen molar-refractivity contribution in [2.24, 2.45) is 5.92 Å². The van der Waals surface area contributed by atoms with Crippen molar-refractivity contribution in [3.8, 4) is 0 Å². The van der Waals surface area contributed by atoms with Gasteiger partial charge in [0.1, 0.15) is 0 Å². The summed E-state index contributed by atoms with van der Waals surface area (Å²) in [6.07, 6.45) is 6.88. The molecule has 1 nitrogen and oxygen atoms in total. The molecule has 5 radical (unpaired) electrons. The Balaban J connectivity index is 2.84. The lowest BCUT2D eigenvalue weighted by Crippen LogP contribution is -2.45. The Morgan fingerprint density at radius 2 is 1.62 bits per heavy atom. The summed E-state index contributed by atoms with van der Waals surface area (Å²) < 4.78 is 0. The van der Waals surface area contributed by atoms with Gasteiger partial charge in [0.2, 0.25) is 0 Å². The van der Waals surface area contributed by atoms with Crippen LogP contribution in [0.4, 0.5) is 0 Å². The Morgan fingerprint density at radius 1 is 1.06 bits per heavy atom. The third kappa shape index (κ3) is 3.10. The fourth-order valence-corrected chi connectivity index (χ4v) is 4.30. The third-order valence-electron chi connectivity index (χ3n) is 3.16. The number of rotatable bonds is 4. The topological polar surface area (TPSA) is 3.24 Å². The molecule has 1 rings (SSSR count). The maximum absolute atomic E-state index is 2.43. The van der Waals surface area contributed by atoms with Gasteiger partial charge in [0, 0.05) is 12.0 Å². The van der Waals surface area contributed by atoms with Crippen LogP contribution < -0.4 is 0 Å². The Bertz CT molecular complexity index is 209. The van der Waals surface area contributed by atoms with Crippen LogP contribution in [0.3, 0.4) is 0 Å². The van der Waals surface area contributed by atoms with Crippen LogP contribution in [0.2, 0.25) is 19.6 Å². The van der Waals surface area contributed by atoms with Crippen LogP contribution in [0.5, 0.6) is 0 Å². The van der Waals surface area contributed by atoms with Gasteiger partial charge in [-0.25, -0.2) is 0 Å². The van der Waals surface area contributed by atoms with Crippen LogP contribution in [-0.2, 0) is 0 Å². The molecule has 91 valence electrons. The van der Waals surface area contributed by atoms with Crippen LogP contribution in [0, 0.1) is 36.6 Å². The van der Waals surface area contributed by atoms with Crippen LogP contribution in [0.15, 0.2) is 0 Å². The number of hydrogen-bond acceptors (Lipinski definition) is 1. The first-order valence-electron chi connectivity index (χ1n) is 6.17. The van der Waals surface area contributed by atoms with E-state index in [-0.39, 0.29) is 0 Å². The quantitative estimate of drug-likeness (QED) is 0.678. The van der Waals surface area contributed by atoms with Crippen molar-refractivity contribution in [3.05, 3.63) is 30.7 Å². The lowest BCUT2D eigenvalue weighted by molar-refractivity contribution is 0.250. The van der Waals surface area contributed by atoms with Crippen molar-refractivity contribution in [1.82, 2.24) is 4.90 Å². The molecule has 1 fully saturated rings. The summed E-state index contributed by atoms with van der Waals surface area (Å²) in [7, 11) is 3.17. The summed E-state index contributed by atoms with van der Waals surface area (Å²) in [5.41, 5.74) is 1.62. The Labute approximate surface area is 104 Å². The van der Waals surface area contributed by atoms with E-state index in [2.05, 4.69) is 71.7 Å². The van der Waals surface area contributed by atoms with Gasteiger partial charge >= 0.3 is 0 Å². The van der Waals surface area contributed by atoms with Gasteiger partial charge in [-0.05, 0) is 44.8 Å². The minimum absolute atomic E-state index is 0.553. The second-order valence-corrected chi connectivity index (χ2v) is 11.3. The first-order valence-corrected chi connectivity index (χ1v) is 9.67. The second-order valence-electron chi connectivity index (χ2n) is 6.30. The van der Waals surface area contributed by atoms with E-state index in [9.17, 15) is 0 Å². The van der Waals surface area contributed by atoms with Crippen LogP contribution in [-0.4, -0.2) is 33.1 Å². The highest BCUT2D eigenvalue weighted by Crippen LogP contribution is 2.44. The molecular formula is C14H26NSi. The molecule has 0 amide bonds. The third-order valence-corrected chi connectivity index (χ3v) is 5.24. The molecule has 1 aliphatic carbocycles. The number of hydrogen-bond donors (Lipinski definition) is 0. The zero-order valence-electron chi connectivity index (χ0n) is 11.8. The maximum atomic E-state index is 2.43. The number of nitrogens with zero attached hydrogens (tertiary/aromatic N) is 1. The molecule has 0 saturated heterocycles. The molecule has 0 aliphatic heterocycles. The average molecular weight is 236 g/mol. The summed E-state index contributed by atoms with van der Waals surface area (Å²) >= 11 is 0. The lowest BCUT2D eigenvalue weighted by atomic mass is 9.88. The van der Waals surface area contributed by atoms with Gasteiger partial charge in [-0.1, -0.05) is 33.5 Å². The van der Waals surface area contributed by atoms with Crippen molar-refractivity contribution >= 4 is 8.07 Å². The Hall–Kier alpha value is 0.177. The monoisotopic (exact) mass is 236 g/mol.